The molecule has 0 fully saturated rings. The van der Waals surface area contributed by atoms with Crippen LogP contribution >= 0.6 is 11.6 Å². The Hall–Kier alpha value is -3.64. The minimum absolute atomic E-state index is 0.212. The molecule has 6 nitrogen and oxygen atoms in total. The summed E-state index contributed by atoms with van der Waals surface area (Å²) in [5, 5.41) is 6.24. The highest BCUT2D eigenvalue weighted by Gasteiger charge is 2.33. The number of hydrogen-bond acceptors (Lipinski definition) is 5. The molecular formula is C25H21ClN2O4. The molecule has 0 N–H and O–H groups in total. The standard InChI is InChI=1S/C25H21ClN2O4/c1-31-19-13-11-18(12-14-19)23-15-22(17-7-3-2-4-8-17)27-28(23)24(29)16-32-25(30)20-9-5-6-10-21(20)26/h2-14,23H,15-16H2,1H3. The third kappa shape index (κ3) is 4.65. The molecule has 3 aromatic carbocycles. The van der Waals surface area contributed by atoms with Crippen LogP contribution in [0.2, 0.25) is 5.02 Å². The minimum Gasteiger partial charge on any atom is -0.497 e. The number of halogens is 1. The molecule has 32 heavy (non-hydrogen) atoms. The topological polar surface area (TPSA) is 68.2 Å². The van der Waals surface area contributed by atoms with Gasteiger partial charge in [-0.1, -0.05) is 66.2 Å². The lowest BCUT2D eigenvalue weighted by Gasteiger charge is -2.22. The van der Waals surface area contributed by atoms with Crippen LogP contribution in [-0.4, -0.2) is 36.3 Å². The summed E-state index contributed by atoms with van der Waals surface area (Å²) in [7, 11) is 1.60. The lowest BCUT2D eigenvalue weighted by atomic mass is 9.98. The zero-order valence-corrected chi connectivity index (χ0v) is 18.2. The number of hydrazone groups is 1. The number of ether oxygens (including phenoxy) is 2. The predicted molar refractivity (Wildman–Crippen MR) is 122 cm³/mol. The smallest absolute Gasteiger partial charge is 0.340 e. The van der Waals surface area contributed by atoms with E-state index in [0.717, 1.165) is 22.6 Å². The van der Waals surface area contributed by atoms with E-state index in [9.17, 15) is 9.59 Å². The number of hydrogen-bond donors (Lipinski definition) is 0. The molecular weight excluding hydrogens is 428 g/mol. The average molecular weight is 449 g/mol. The Kier molecular flexibility index (Phi) is 6.52. The van der Waals surface area contributed by atoms with Crippen LogP contribution in [0.25, 0.3) is 0 Å². The van der Waals surface area contributed by atoms with Gasteiger partial charge in [-0.05, 0) is 35.4 Å². The minimum atomic E-state index is -0.656. The van der Waals surface area contributed by atoms with Crippen molar-refractivity contribution in [1.82, 2.24) is 5.01 Å². The molecule has 1 aliphatic rings. The summed E-state index contributed by atoms with van der Waals surface area (Å²) < 4.78 is 10.5. The van der Waals surface area contributed by atoms with Gasteiger partial charge in [0.1, 0.15) is 5.75 Å². The molecule has 0 bridgehead atoms. The molecule has 0 aromatic heterocycles. The van der Waals surface area contributed by atoms with Crippen molar-refractivity contribution in [2.24, 2.45) is 5.10 Å². The average Bonchev–Trinajstić information content (AvgIpc) is 3.29. The van der Waals surface area contributed by atoms with Crippen molar-refractivity contribution in [3.63, 3.8) is 0 Å². The first-order valence-electron chi connectivity index (χ1n) is 10.1. The molecule has 1 unspecified atom stereocenters. The van der Waals surface area contributed by atoms with Crippen LogP contribution in [-0.2, 0) is 9.53 Å². The first-order chi connectivity index (χ1) is 15.6. The fourth-order valence-corrected chi connectivity index (χ4v) is 3.74. The van der Waals surface area contributed by atoms with Gasteiger partial charge in [-0.2, -0.15) is 5.10 Å². The zero-order chi connectivity index (χ0) is 22.5. The van der Waals surface area contributed by atoms with Gasteiger partial charge in [0.15, 0.2) is 6.61 Å². The molecule has 0 radical (unpaired) electrons. The molecule has 0 saturated carbocycles. The largest absolute Gasteiger partial charge is 0.497 e. The van der Waals surface area contributed by atoms with Crippen LogP contribution in [0, 0.1) is 0 Å². The summed E-state index contributed by atoms with van der Waals surface area (Å²) in [6.45, 7) is -0.442. The second-order valence-corrected chi connectivity index (χ2v) is 7.61. The molecule has 0 aliphatic carbocycles. The summed E-state index contributed by atoms with van der Waals surface area (Å²) in [4.78, 5) is 25.4. The number of carbonyl (C=O) groups excluding carboxylic acids is 2. The van der Waals surface area contributed by atoms with Crippen molar-refractivity contribution in [3.05, 3.63) is 101 Å². The highest BCUT2D eigenvalue weighted by molar-refractivity contribution is 6.33. The lowest BCUT2D eigenvalue weighted by molar-refractivity contribution is -0.136. The predicted octanol–water partition coefficient (Wildman–Crippen LogP) is 4.88. The van der Waals surface area contributed by atoms with Gasteiger partial charge < -0.3 is 9.47 Å². The van der Waals surface area contributed by atoms with E-state index in [2.05, 4.69) is 5.10 Å². The van der Waals surface area contributed by atoms with Crippen LogP contribution < -0.4 is 4.74 Å². The highest BCUT2D eigenvalue weighted by atomic mass is 35.5. The number of carbonyl (C=O) groups is 2. The van der Waals surface area contributed by atoms with Gasteiger partial charge in [-0.15, -0.1) is 0 Å². The molecule has 0 saturated heterocycles. The summed E-state index contributed by atoms with van der Waals surface area (Å²) in [5.74, 6) is -0.351. The van der Waals surface area contributed by atoms with E-state index in [1.165, 1.54) is 5.01 Å². The van der Waals surface area contributed by atoms with E-state index >= 15 is 0 Å². The quantitative estimate of drug-likeness (QED) is 0.504. The van der Waals surface area contributed by atoms with Crippen molar-refractivity contribution in [1.29, 1.82) is 0 Å². The number of amides is 1. The van der Waals surface area contributed by atoms with Crippen molar-refractivity contribution < 1.29 is 19.1 Å². The van der Waals surface area contributed by atoms with E-state index in [4.69, 9.17) is 21.1 Å². The monoisotopic (exact) mass is 448 g/mol. The van der Waals surface area contributed by atoms with Crippen molar-refractivity contribution >= 4 is 29.2 Å². The maximum absolute atomic E-state index is 13.0. The van der Waals surface area contributed by atoms with Crippen molar-refractivity contribution in [3.8, 4) is 5.75 Å². The van der Waals surface area contributed by atoms with E-state index in [1.54, 1.807) is 31.4 Å². The number of rotatable bonds is 6. The van der Waals surface area contributed by atoms with Gasteiger partial charge in [0.05, 0.1) is 29.4 Å². The summed E-state index contributed by atoms with van der Waals surface area (Å²) >= 11 is 6.05. The van der Waals surface area contributed by atoms with Gasteiger partial charge in [0.25, 0.3) is 5.91 Å². The second-order valence-electron chi connectivity index (χ2n) is 7.20. The lowest BCUT2D eigenvalue weighted by Crippen LogP contribution is -2.31. The van der Waals surface area contributed by atoms with Gasteiger partial charge >= 0.3 is 5.97 Å². The fourth-order valence-electron chi connectivity index (χ4n) is 3.53. The van der Waals surface area contributed by atoms with Crippen molar-refractivity contribution in [2.75, 3.05) is 13.7 Å². The Bertz CT molecular complexity index is 1150. The first kappa shape index (κ1) is 21.6. The fraction of sp³-hybridized carbons (Fsp3) is 0.160. The summed E-state index contributed by atoms with van der Waals surface area (Å²) in [5.41, 5.74) is 2.85. The SMILES string of the molecule is COc1ccc(C2CC(c3ccccc3)=NN2C(=O)COC(=O)c2ccccc2Cl)cc1. The third-order valence-corrected chi connectivity index (χ3v) is 5.52. The molecule has 7 heteroatoms. The molecule has 3 aromatic rings. The molecule has 162 valence electrons. The second kappa shape index (κ2) is 9.66. The number of nitrogens with zero attached hydrogens (tertiary/aromatic N) is 2. The summed E-state index contributed by atoms with van der Waals surface area (Å²) in [6.07, 6.45) is 0.542. The van der Waals surface area contributed by atoms with Crippen LogP contribution in [0.5, 0.6) is 5.75 Å². The van der Waals surface area contributed by atoms with E-state index in [1.807, 2.05) is 54.6 Å². The van der Waals surface area contributed by atoms with Crippen molar-refractivity contribution in [2.45, 2.75) is 12.5 Å². The Labute approximate surface area is 191 Å². The maximum Gasteiger partial charge on any atom is 0.340 e. The number of methoxy groups -OCH3 is 1. The number of esters is 1. The van der Waals surface area contributed by atoms with Crippen LogP contribution in [0.1, 0.15) is 33.9 Å². The normalized spacial score (nSPS) is 15.2. The third-order valence-electron chi connectivity index (χ3n) is 5.19. The van der Waals surface area contributed by atoms with Gasteiger partial charge in [0.2, 0.25) is 0 Å². The van der Waals surface area contributed by atoms with E-state index in [0.29, 0.717) is 6.42 Å². The molecule has 4 rings (SSSR count). The number of benzene rings is 3. The molecule has 1 heterocycles. The van der Waals surface area contributed by atoms with E-state index in [-0.39, 0.29) is 16.6 Å². The van der Waals surface area contributed by atoms with Crippen LogP contribution in [0.3, 0.4) is 0 Å². The molecule has 1 amide bonds. The Balaban J connectivity index is 1.55. The zero-order valence-electron chi connectivity index (χ0n) is 17.4. The van der Waals surface area contributed by atoms with Crippen LogP contribution in [0.4, 0.5) is 0 Å². The molecule has 1 aliphatic heterocycles. The van der Waals surface area contributed by atoms with Gasteiger partial charge in [-0.3, -0.25) is 4.79 Å². The Morgan fingerprint density at radius 2 is 1.69 bits per heavy atom. The van der Waals surface area contributed by atoms with Gasteiger partial charge in [0, 0.05) is 6.42 Å². The Morgan fingerprint density at radius 3 is 2.38 bits per heavy atom. The Morgan fingerprint density at radius 1 is 1.00 bits per heavy atom. The van der Waals surface area contributed by atoms with E-state index < -0.39 is 18.5 Å². The molecule has 0 spiro atoms. The van der Waals surface area contributed by atoms with Gasteiger partial charge in [-0.25, -0.2) is 9.80 Å². The van der Waals surface area contributed by atoms with Crippen LogP contribution in [0.15, 0.2) is 84.0 Å². The maximum atomic E-state index is 13.0. The first-order valence-corrected chi connectivity index (χ1v) is 10.4. The molecule has 1 atom stereocenters. The summed E-state index contributed by atoms with van der Waals surface area (Å²) in [6, 6.07) is 23.4. The highest BCUT2D eigenvalue weighted by Crippen LogP contribution is 2.33.